The zero-order chi connectivity index (χ0) is 12.6. The fraction of sp³-hybridized carbons (Fsp3) is 0.273. The monoisotopic (exact) mass is 258 g/mol. The highest BCUT2D eigenvalue weighted by atomic mass is 35.5. The fourth-order valence-electron chi connectivity index (χ4n) is 1.68. The molecule has 0 aromatic heterocycles. The lowest BCUT2D eigenvalue weighted by atomic mass is 9.98. The summed E-state index contributed by atoms with van der Waals surface area (Å²) in [7, 11) is 1.17. The van der Waals surface area contributed by atoms with Gasteiger partial charge in [-0.25, -0.2) is 14.0 Å². The zero-order valence-corrected chi connectivity index (χ0v) is 9.58. The van der Waals surface area contributed by atoms with E-state index in [0.29, 0.717) is 0 Å². The van der Waals surface area contributed by atoms with E-state index in [1.165, 1.54) is 13.2 Å². The van der Waals surface area contributed by atoms with E-state index in [2.05, 4.69) is 4.74 Å². The van der Waals surface area contributed by atoms with Crippen molar-refractivity contribution in [2.24, 2.45) is 0 Å². The predicted molar refractivity (Wildman–Crippen MR) is 56.3 cm³/mol. The van der Waals surface area contributed by atoms with Crippen molar-refractivity contribution >= 4 is 23.5 Å². The Labute approximate surface area is 101 Å². The number of cyclic esters (lactones) is 1. The Kier molecular flexibility index (Phi) is 3.02. The van der Waals surface area contributed by atoms with Gasteiger partial charge in [0.1, 0.15) is 5.82 Å². The van der Waals surface area contributed by atoms with Crippen molar-refractivity contribution in [2.45, 2.75) is 12.5 Å². The first-order chi connectivity index (χ1) is 8.02. The first kappa shape index (κ1) is 11.9. The Morgan fingerprint density at radius 3 is 2.94 bits per heavy atom. The van der Waals surface area contributed by atoms with Crippen LogP contribution in [0.5, 0.6) is 0 Å². The summed E-state index contributed by atoms with van der Waals surface area (Å²) in [5.74, 6) is -2.11. The van der Waals surface area contributed by atoms with Gasteiger partial charge in [-0.3, -0.25) is 0 Å². The van der Waals surface area contributed by atoms with Crippen LogP contribution < -0.4 is 0 Å². The summed E-state index contributed by atoms with van der Waals surface area (Å²) in [5.41, 5.74) is 0.177. The topological polar surface area (TPSA) is 52.6 Å². The van der Waals surface area contributed by atoms with Crippen molar-refractivity contribution in [3.63, 3.8) is 0 Å². The molecule has 4 nitrogen and oxygen atoms in total. The minimum Gasteiger partial charge on any atom is -0.466 e. The van der Waals surface area contributed by atoms with E-state index in [9.17, 15) is 14.0 Å². The van der Waals surface area contributed by atoms with Crippen LogP contribution in [-0.4, -0.2) is 25.2 Å². The van der Waals surface area contributed by atoms with Crippen molar-refractivity contribution in [2.75, 3.05) is 7.11 Å². The van der Waals surface area contributed by atoms with Crippen molar-refractivity contribution in [3.05, 3.63) is 34.1 Å². The third-order valence-electron chi connectivity index (χ3n) is 2.48. The lowest BCUT2D eigenvalue weighted by Gasteiger charge is -2.23. The summed E-state index contributed by atoms with van der Waals surface area (Å²) in [4.78, 5) is 22.8. The van der Waals surface area contributed by atoms with Crippen molar-refractivity contribution in [1.82, 2.24) is 0 Å². The molecule has 1 aliphatic heterocycles. The summed E-state index contributed by atoms with van der Waals surface area (Å²) in [6, 6.07) is 2.41. The summed E-state index contributed by atoms with van der Waals surface area (Å²) in [6.45, 7) is 0. The number of rotatable bonds is 1. The molecule has 0 radical (unpaired) electrons. The van der Waals surface area contributed by atoms with Gasteiger partial charge in [-0.1, -0.05) is 11.6 Å². The van der Waals surface area contributed by atoms with E-state index in [1.54, 1.807) is 0 Å². The largest absolute Gasteiger partial charge is 0.466 e. The first-order valence-corrected chi connectivity index (χ1v) is 5.17. The molecule has 1 aromatic carbocycles. The van der Waals surface area contributed by atoms with E-state index < -0.39 is 23.9 Å². The average molecular weight is 259 g/mol. The molecule has 0 bridgehead atoms. The lowest BCUT2D eigenvalue weighted by molar-refractivity contribution is -0.151. The second kappa shape index (κ2) is 4.33. The standard InChI is InChI=1S/C11H8ClFO4/c1-16-11(15)9-4-6-7(10(14)17-9)2-5(12)3-8(6)13/h2-3,9H,4H2,1H3. The molecule has 0 spiro atoms. The maximum absolute atomic E-state index is 13.6. The van der Waals surface area contributed by atoms with Crippen LogP contribution in [0.25, 0.3) is 0 Å². The summed E-state index contributed by atoms with van der Waals surface area (Å²) < 4.78 is 22.9. The molecule has 1 heterocycles. The Balaban J connectivity index is 2.43. The maximum atomic E-state index is 13.6. The van der Waals surface area contributed by atoms with Crippen LogP contribution in [-0.2, 0) is 20.7 Å². The van der Waals surface area contributed by atoms with E-state index in [4.69, 9.17) is 16.3 Å². The molecule has 90 valence electrons. The molecule has 0 N–H and O–H groups in total. The fourth-order valence-corrected chi connectivity index (χ4v) is 1.88. The molecule has 0 aliphatic carbocycles. The van der Waals surface area contributed by atoms with E-state index in [1.807, 2.05) is 0 Å². The van der Waals surface area contributed by atoms with Crippen LogP contribution in [0.1, 0.15) is 15.9 Å². The summed E-state index contributed by atoms with van der Waals surface area (Å²) in [5, 5.41) is 0.106. The predicted octanol–water partition coefficient (Wildman–Crippen LogP) is 1.73. The third kappa shape index (κ3) is 2.10. The van der Waals surface area contributed by atoms with Gasteiger partial charge in [-0.15, -0.1) is 0 Å². The quantitative estimate of drug-likeness (QED) is 0.720. The van der Waals surface area contributed by atoms with Gasteiger partial charge in [-0.05, 0) is 12.1 Å². The SMILES string of the molecule is COC(=O)C1Cc2c(F)cc(Cl)cc2C(=O)O1. The van der Waals surface area contributed by atoms with E-state index in [-0.39, 0.29) is 22.6 Å². The minimum atomic E-state index is -1.10. The van der Waals surface area contributed by atoms with Gasteiger partial charge in [0.25, 0.3) is 0 Å². The van der Waals surface area contributed by atoms with Gasteiger partial charge in [0, 0.05) is 17.0 Å². The van der Waals surface area contributed by atoms with Crippen LogP contribution in [0.15, 0.2) is 12.1 Å². The smallest absolute Gasteiger partial charge is 0.347 e. The van der Waals surface area contributed by atoms with Gasteiger partial charge in [0.05, 0.1) is 12.7 Å². The highest BCUT2D eigenvalue weighted by Gasteiger charge is 2.34. The van der Waals surface area contributed by atoms with Crippen LogP contribution in [0.2, 0.25) is 5.02 Å². The average Bonchev–Trinajstić information content (AvgIpc) is 2.29. The second-order valence-corrected chi connectivity index (χ2v) is 3.97. The lowest BCUT2D eigenvalue weighted by Crippen LogP contribution is -2.35. The number of esters is 2. The molecular weight excluding hydrogens is 251 g/mol. The molecule has 0 amide bonds. The normalized spacial score (nSPS) is 18.3. The van der Waals surface area contributed by atoms with Gasteiger partial charge >= 0.3 is 11.9 Å². The number of fused-ring (bicyclic) bond motifs is 1. The number of ether oxygens (including phenoxy) is 2. The maximum Gasteiger partial charge on any atom is 0.347 e. The van der Waals surface area contributed by atoms with Gasteiger partial charge in [-0.2, -0.15) is 0 Å². The molecular formula is C11H8ClFO4. The van der Waals surface area contributed by atoms with E-state index >= 15 is 0 Å². The molecule has 6 heteroatoms. The van der Waals surface area contributed by atoms with Gasteiger partial charge < -0.3 is 9.47 Å². The molecule has 1 atom stereocenters. The molecule has 1 unspecified atom stereocenters. The Bertz CT molecular complexity index is 500. The van der Waals surface area contributed by atoms with Crippen molar-refractivity contribution in [3.8, 4) is 0 Å². The molecule has 0 saturated heterocycles. The number of methoxy groups -OCH3 is 1. The molecule has 0 fully saturated rings. The Hall–Kier alpha value is -1.62. The van der Waals surface area contributed by atoms with Crippen LogP contribution >= 0.6 is 11.6 Å². The summed E-state index contributed by atoms with van der Waals surface area (Å²) in [6.07, 6.45) is -1.15. The Morgan fingerprint density at radius 2 is 2.29 bits per heavy atom. The molecule has 17 heavy (non-hydrogen) atoms. The minimum absolute atomic E-state index is 0.0449. The number of halogens is 2. The highest BCUT2D eigenvalue weighted by molar-refractivity contribution is 6.31. The van der Waals surface area contributed by atoms with Crippen LogP contribution in [0, 0.1) is 5.82 Å². The van der Waals surface area contributed by atoms with Gasteiger partial charge in [0.15, 0.2) is 0 Å². The second-order valence-electron chi connectivity index (χ2n) is 3.53. The summed E-state index contributed by atoms with van der Waals surface area (Å²) >= 11 is 5.63. The molecule has 1 aromatic rings. The van der Waals surface area contributed by atoms with E-state index in [0.717, 1.165) is 6.07 Å². The number of hydrogen-bond donors (Lipinski definition) is 0. The molecule has 1 aliphatic rings. The molecule has 2 rings (SSSR count). The number of hydrogen-bond acceptors (Lipinski definition) is 4. The number of carbonyl (C=O) groups excluding carboxylic acids is 2. The first-order valence-electron chi connectivity index (χ1n) is 4.79. The number of benzene rings is 1. The van der Waals surface area contributed by atoms with Gasteiger partial charge in [0.2, 0.25) is 6.10 Å². The van der Waals surface area contributed by atoms with Crippen LogP contribution in [0.3, 0.4) is 0 Å². The third-order valence-corrected chi connectivity index (χ3v) is 2.70. The van der Waals surface area contributed by atoms with Crippen molar-refractivity contribution in [1.29, 1.82) is 0 Å². The Morgan fingerprint density at radius 1 is 1.59 bits per heavy atom. The van der Waals surface area contributed by atoms with Crippen molar-refractivity contribution < 1.29 is 23.5 Å². The highest BCUT2D eigenvalue weighted by Crippen LogP contribution is 2.27. The molecule has 0 saturated carbocycles. The number of carbonyl (C=O) groups is 2. The van der Waals surface area contributed by atoms with Crippen LogP contribution in [0.4, 0.5) is 4.39 Å². The zero-order valence-electron chi connectivity index (χ0n) is 8.83.